The number of hydrogen-bond acceptors (Lipinski definition) is 4. The molecule has 1 heterocycles. The summed E-state index contributed by atoms with van der Waals surface area (Å²) in [6, 6.07) is 4.97. The van der Waals surface area contributed by atoms with E-state index in [0.717, 1.165) is 62.0 Å². The maximum atomic E-state index is 13.5. The normalized spacial score (nSPS) is 17.2. The molecule has 0 unspecified atom stereocenters. The number of hydrogen-bond donors (Lipinski definition) is 2. The number of aliphatic imine (C=N–C) groups is 1. The SMILES string of the molecule is CCNC(=NCc1ccc(F)cc1CSC)NCC1(SC)CCOCC1. The van der Waals surface area contributed by atoms with Gasteiger partial charge in [0, 0.05) is 36.8 Å². The van der Waals surface area contributed by atoms with E-state index in [1.165, 1.54) is 6.07 Å². The molecule has 0 atom stereocenters. The van der Waals surface area contributed by atoms with E-state index < -0.39 is 0 Å². The number of ether oxygens (including phenoxy) is 1. The largest absolute Gasteiger partial charge is 0.381 e. The Morgan fingerprint density at radius 1 is 1.23 bits per heavy atom. The number of thioether (sulfide) groups is 2. The molecule has 2 N–H and O–H groups in total. The van der Waals surface area contributed by atoms with Crippen LogP contribution in [0.25, 0.3) is 0 Å². The fourth-order valence-electron chi connectivity index (χ4n) is 2.99. The van der Waals surface area contributed by atoms with Gasteiger partial charge in [0.15, 0.2) is 5.96 Å². The van der Waals surface area contributed by atoms with E-state index in [-0.39, 0.29) is 10.6 Å². The zero-order chi connectivity index (χ0) is 18.8. The van der Waals surface area contributed by atoms with Gasteiger partial charge >= 0.3 is 0 Å². The molecule has 0 aromatic heterocycles. The van der Waals surface area contributed by atoms with Crippen LogP contribution >= 0.6 is 23.5 Å². The molecule has 1 aliphatic heterocycles. The number of guanidine groups is 1. The lowest BCUT2D eigenvalue weighted by molar-refractivity contribution is 0.0783. The molecule has 1 fully saturated rings. The van der Waals surface area contributed by atoms with E-state index in [0.29, 0.717) is 6.54 Å². The van der Waals surface area contributed by atoms with Crippen molar-refractivity contribution in [1.29, 1.82) is 0 Å². The van der Waals surface area contributed by atoms with Crippen LogP contribution in [0.5, 0.6) is 0 Å². The first-order valence-corrected chi connectivity index (χ1v) is 11.7. The first-order chi connectivity index (χ1) is 12.6. The van der Waals surface area contributed by atoms with Gasteiger partial charge in [0.25, 0.3) is 0 Å². The second-order valence-electron chi connectivity index (χ2n) is 6.39. The Labute approximate surface area is 165 Å². The maximum Gasteiger partial charge on any atom is 0.191 e. The van der Waals surface area contributed by atoms with Gasteiger partial charge in [0.05, 0.1) is 6.54 Å². The van der Waals surface area contributed by atoms with Crippen molar-refractivity contribution < 1.29 is 9.13 Å². The highest BCUT2D eigenvalue weighted by Gasteiger charge is 2.31. The number of halogens is 1. The minimum atomic E-state index is -0.187. The van der Waals surface area contributed by atoms with Crippen LogP contribution in [0.2, 0.25) is 0 Å². The molecular formula is C19H30FN3OS2. The summed E-state index contributed by atoms with van der Waals surface area (Å²) < 4.78 is 19.2. The van der Waals surface area contributed by atoms with Crippen molar-refractivity contribution in [3.63, 3.8) is 0 Å². The summed E-state index contributed by atoms with van der Waals surface area (Å²) in [7, 11) is 0. The van der Waals surface area contributed by atoms with Gasteiger partial charge in [-0.25, -0.2) is 9.38 Å². The smallest absolute Gasteiger partial charge is 0.191 e. The number of benzene rings is 1. The van der Waals surface area contributed by atoms with Gasteiger partial charge in [-0.05, 0) is 55.5 Å². The van der Waals surface area contributed by atoms with Crippen LogP contribution in [0.3, 0.4) is 0 Å². The third-order valence-electron chi connectivity index (χ3n) is 4.63. The summed E-state index contributed by atoms with van der Waals surface area (Å²) in [5.41, 5.74) is 2.09. The summed E-state index contributed by atoms with van der Waals surface area (Å²) in [5, 5.41) is 6.81. The highest BCUT2D eigenvalue weighted by atomic mass is 32.2. The van der Waals surface area contributed by atoms with Gasteiger partial charge in [-0.2, -0.15) is 23.5 Å². The van der Waals surface area contributed by atoms with Gasteiger partial charge in [0.2, 0.25) is 0 Å². The molecule has 0 radical (unpaired) electrons. The Balaban J connectivity index is 2.04. The van der Waals surface area contributed by atoms with Crippen LogP contribution in [-0.2, 0) is 17.0 Å². The lowest BCUT2D eigenvalue weighted by atomic mass is 9.99. The standard InChI is InChI=1S/C19H30FN3OS2/c1-4-21-18(23-14-19(26-3)7-9-24-10-8-19)22-12-15-5-6-17(20)11-16(15)13-25-2/h5-6,11H,4,7-10,12-14H2,1-3H3,(H2,21,22,23). The molecular weight excluding hydrogens is 369 g/mol. The number of nitrogens with zero attached hydrogens (tertiary/aromatic N) is 1. The molecule has 7 heteroatoms. The van der Waals surface area contributed by atoms with Crippen molar-refractivity contribution >= 4 is 29.5 Å². The molecule has 0 saturated carbocycles. The van der Waals surface area contributed by atoms with E-state index in [4.69, 9.17) is 9.73 Å². The quantitative estimate of drug-likeness (QED) is 0.516. The van der Waals surface area contributed by atoms with Gasteiger partial charge in [-0.1, -0.05) is 6.07 Å². The number of nitrogens with one attached hydrogen (secondary N) is 2. The number of rotatable bonds is 8. The van der Waals surface area contributed by atoms with Crippen LogP contribution in [-0.4, -0.2) is 49.5 Å². The lowest BCUT2D eigenvalue weighted by Crippen LogP contribution is -2.47. The topological polar surface area (TPSA) is 45.7 Å². The maximum absolute atomic E-state index is 13.5. The molecule has 0 amide bonds. The summed E-state index contributed by atoms with van der Waals surface area (Å²) in [6.45, 7) is 5.92. The van der Waals surface area contributed by atoms with Crippen molar-refractivity contribution in [2.24, 2.45) is 4.99 Å². The summed E-state index contributed by atoms with van der Waals surface area (Å²) in [4.78, 5) is 4.73. The fraction of sp³-hybridized carbons (Fsp3) is 0.632. The van der Waals surface area contributed by atoms with Gasteiger partial charge in [-0.15, -0.1) is 0 Å². The minimum Gasteiger partial charge on any atom is -0.381 e. The first-order valence-electron chi connectivity index (χ1n) is 9.04. The van der Waals surface area contributed by atoms with Crippen molar-refractivity contribution in [3.05, 3.63) is 35.1 Å². The van der Waals surface area contributed by atoms with E-state index in [9.17, 15) is 4.39 Å². The Morgan fingerprint density at radius 3 is 2.65 bits per heavy atom. The van der Waals surface area contributed by atoms with Crippen LogP contribution in [0, 0.1) is 5.82 Å². The van der Waals surface area contributed by atoms with Crippen molar-refractivity contribution in [3.8, 4) is 0 Å². The minimum absolute atomic E-state index is 0.187. The van der Waals surface area contributed by atoms with Crippen molar-refractivity contribution in [2.45, 2.75) is 36.8 Å². The molecule has 26 heavy (non-hydrogen) atoms. The van der Waals surface area contributed by atoms with Gasteiger partial charge in [0.1, 0.15) is 5.82 Å². The van der Waals surface area contributed by atoms with Crippen LogP contribution in [0.1, 0.15) is 30.9 Å². The third-order valence-corrected chi connectivity index (χ3v) is 6.65. The van der Waals surface area contributed by atoms with Crippen molar-refractivity contribution in [1.82, 2.24) is 10.6 Å². The fourth-order valence-corrected chi connectivity index (χ4v) is 4.36. The zero-order valence-corrected chi connectivity index (χ0v) is 17.6. The summed E-state index contributed by atoms with van der Waals surface area (Å²) in [6.07, 6.45) is 6.30. The molecule has 0 spiro atoms. The molecule has 146 valence electrons. The summed E-state index contributed by atoms with van der Waals surface area (Å²) >= 11 is 3.60. The second-order valence-corrected chi connectivity index (χ2v) is 8.53. The highest BCUT2D eigenvalue weighted by Crippen LogP contribution is 2.32. The molecule has 1 aromatic carbocycles. The molecule has 1 saturated heterocycles. The molecule has 1 aliphatic rings. The third kappa shape index (κ3) is 6.35. The van der Waals surface area contributed by atoms with Gasteiger partial charge in [-0.3, -0.25) is 0 Å². The van der Waals surface area contributed by atoms with E-state index >= 15 is 0 Å². The Morgan fingerprint density at radius 2 is 2.00 bits per heavy atom. The van der Waals surface area contributed by atoms with Gasteiger partial charge < -0.3 is 15.4 Å². The molecule has 1 aromatic rings. The van der Waals surface area contributed by atoms with Crippen LogP contribution in [0.4, 0.5) is 4.39 Å². The molecule has 2 rings (SSSR count). The average Bonchev–Trinajstić information content (AvgIpc) is 2.66. The monoisotopic (exact) mass is 399 g/mol. The predicted octanol–water partition coefficient (Wildman–Crippen LogP) is 3.66. The second kappa shape index (κ2) is 11.0. The molecule has 0 bridgehead atoms. The predicted molar refractivity (Wildman–Crippen MR) is 113 cm³/mol. The Hall–Kier alpha value is -0.920. The molecule has 4 nitrogen and oxygen atoms in total. The van der Waals surface area contributed by atoms with E-state index in [1.807, 2.05) is 24.1 Å². The van der Waals surface area contributed by atoms with Crippen LogP contribution in [0.15, 0.2) is 23.2 Å². The lowest BCUT2D eigenvalue weighted by Gasteiger charge is -2.36. The van der Waals surface area contributed by atoms with E-state index in [1.54, 1.807) is 17.8 Å². The van der Waals surface area contributed by atoms with E-state index in [2.05, 4.69) is 23.8 Å². The van der Waals surface area contributed by atoms with Crippen molar-refractivity contribution in [2.75, 3.05) is 38.8 Å². The highest BCUT2D eigenvalue weighted by molar-refractivity contribution is 8.00. The Bertz CT molecular complexity index is 592. The molecule has 0 aliphatic carbocycles. The average molecular weight is 400 g/mol. The first kappa shape index (κ1) is 21.4. The zero-order valence-electron chi connectivity index (χ0n) is 15.9. The van der Waals surface area contributed by atoms with Crippen LogP contribution < -0.4 is 10.6 Å². The Kier molecular flexibility index (Phi) is 9.08. The summed E-state index contributed by atoms with van der Waals surface area (Å²) in [5.74, 6) is 1.42.